The van der Waals surface area contributed by atoms with Gasteiger partial charge in [-0.2, -0.15) is 0 Å². The quantitative estimate of drug-likeness (QED) is 0.583. The van der Waals surface area contributed by atoms with E-state index in [9.17, 15) is 4.79 Å². The van der Waals surface area contributed by atoms with Crippen LogP contribution in [-0.2, 0) is 6.54 Å². The third kappa shape index (κ3) is 3.83. The van der Waals surface area contributed by atoms with Gasteiger partial charge in [-0.3, -0.25) is 10.6 Å². The summed E-state index contributed by atoms with van der Waals surface area (Å²) < 4.78 is 0. The summed E-state index contributed by atoms with van der Waals surface area (Å²) in [6.45, 7) is 4.82. The van der Waals surface area contributed by atoms with Crippen LogP contribution < -0.4 is 16.6 Å². The molecule has 110 valence electrons. The molecule has 0 saturated carbocycles. The zero-order chi connectivity index (χ0) is 15.2. The molecule has 4 nitrogen and oxygen atoms in total. The van der Waals surface area contributed by atoms with Crippen molar-refractivity contribution in [1.29, 1.82) is 0 Å². The molecule has 0 atom stereocenters. The molecule has 2 aromatic carbocycles. The Hall–Kier alpha value is -2.33. The Morgan fingerprint density at radius 2 is 1.76 bits per heavy atom. The molecule has 0 unspecified atom stereocenters. The summed E-state index contributed by atoms with van der Waals surface area (Å²) in [7, 11) is 0. The van der Waals surface area contributed by atoms with Crippen LogP contribution in [0.25, 0.3) is 0 Å². The van der Waals surface area contributed by atoms with Crippen molar-refractivity contribution < 1.29 is 4.79 Å². The van der Waals surface area contributed by atoms with Crippen molar-refractivity contribution in [1.82, 2.24) is 5.32 Å². The predicted molar refractivity (Wildman–Crippen MR) is 86.0 cm³/mol. The summed E-state index contributed by atoms with van der Waals surface area (Å²) in [6, 6.07) is 15.4. The molecule has 2 rings (SSSR count). The molecule has 0 aliphatic rings. The number of nitrogen functional groups attached to an aromatic ring is 1. The molecule has 0 heterocycles. The molecular formula is C17H21N3O. The Labute approximate surface area is 125 Å². The highest BCUT2D eigenvalue weighted by molar-refractivity contribution is 5.99. The van der Waals surface area contributed by atoms with Gasteiger partial charge in [0.15, 0.2) is 0 Å². The first-order valence-corrected chi connectivity index (χ1v) is 7.04. The molecular weight excluding hydrogens is 262 g/mol. The molecule has 0 aliphatic heterocycles. The maximum Gasteiger partial charge on any atom is 0.253 e. The lowest BCUT2D eigenvalue weighted by atomic mass is 10.0. The molecule has 0 aliphatic carbocycles. The lowest BCUT2D eigenvalue weighted by Crippen LogP contribution is -2.24. The molecule has 1 amide bonds. The van der Waals surface area contributed by atoms with Crippen LogP contribution in [0.15, 0.2) is 48.5 Å². The van der Waals surface area contributed by atoms with Crippen LogP contribution in [0.5, 0.6) is 0 Å². The number of rotatable bonds is 5. The normalized spacial score (nSPS) is 10.5. The van der Waals surface area contributed by atoms with Crippen LogP contribution >= 0.6 is 0 Å². The van der Waals surface area contributed by atoms with Crippen LogP contribution in [-0.4, -0.2) is 5.91 Å². The smallest absolute Gasteiger partial charge is 0.253 e. The van der Waals surface area contributed by atoms with Crippen LogP contribution in [0.3, 0.4) is 0 Å². The fraction of sp³-hybridized carbons (Fsp3) is 0.235. The molecule has 0 aromatic heterocycles. The van der Waals surface area contributed by atoms with E-state index in [2.05, 4.69) is 36.7 Å². The van der Waals surface area contributed by atoms with Gasteiger partial charge in [-0.05, 0) is 29.2 Å². The first-order chi connectivity index (χ1) is 10.1. The molecule has 4 N–H and O–H groups in total. The Balaban J connectivity index is 2.00. The second kappa shape index (κ2) is 6.90. The second-order valence-electron chi connectivity index (χ2n) is 5.27. The number of carbonyl (C=O) groups is 1. The highest BCUT2D eigenvalue weighted by atomic mass is 16.1. The fourth-order valence-corrected chi connectivity index (χ4v) is 2.10. The number of para-hydroxylation sites is 1. The van der Waals surface area contributed by atoms with Gasteiger partial charge in [-0.15, -0.1) is 0 Å². The van der Waals surface area contributed by atoms with Gasteiger partial charge in [0, 0.05) is 6.54 Å². The van der Waals surface area contributed by atoms with Gasteiger partial charge < -0.3 is 10.7 Å². The summed E-state index contributed by atoms with van der Waals surface area (Å²) in [5, 5.41) is 2.90. The van der Waals surface area contributed by atoms with Crippen molar-refractivity contribution in [2.45, 2.75) is 26.3 Å². The second-order valence-corrected chi connectivity index (χ2v) is 5.27. The van der Waals surface area contributed by atoms with E-state index in [-0.39, 0.29) is 5.91 Å². The highest BCUT2D eigenvalue weighted by Gasteiger charge is 2.09. The molecule has 0 bridgehead atoms. The van der Waals surface area contributed by atoms with Crippen molar-refractivity contribution >= 4 is 11.6 Å². The summed E-state index contributed by atoms with van der Waals surface area (Å²) in [5.41, 5.74) is 6.06. The van der Waals surface area contributed by atoms with Gasteiger partial charge in [0.05, 0.1) is 11.3 Å². The number of nitrogens with two attached hydrogens (primary N) is 1. The molecule has 0 fully saturated rings. The van der Waals surface area contributed by atoms with Gasteiger partial charge in [0.2, 0.25) is 0 Å². The fourth-order valence-electron chi connectivity index (χ4n) is 2.10. The Bertz CT molecular complexity index is 606. The first kappa shape index (κ1) is 15.1. The average Bonchev–Trinajstić information content (AvgIpc) is 2.52. The lowest BCUT2D eigenvalue weighted by Gasteiger charge is -2.10. The van der Waals surface area contributed by atoms with Crippen molar-refractivity contribution in [3.8, 4) is 0 Å². The van der Waals surface area contributed by atoms with E-state index in [0.717, 1.165) is 5.56 Å². The van der Waals surface area contributed by atoms with E-state index in [0.29, 0.717) is 23.7 Å². The van der Waals surface area contributed by atoms with Crippen molar-refractivity contribution in [3.05, 3.63) is 65.2 Å². The number of nitrogens with one attached hydrogen (secondary N) is 2. The first-order valence-electron chi connectivity index (χ1n) is 7.04. The Morgan fingerprint density at radius 1 is 1.10 bits per heavy atom. The summed E-state index contributed by atoms with van der Waals surface area (Å²) in [6.07, 6.45) is 0. The van der Waals surface area contributed by atoms with Crippen LogP contribution in [0.1, 0.15) is 41.3 Å². The van der Waals surface area contributed by atoms with E-state index in [1.54, 1.807) is 12.1 Å². The molecule has 21 heavy (non-hydrogen) atoms. The zero-order valence-corrected chi connectivity index (χ0v) is 12.4. The zero-order valence-electron chi connectivity index (χ0n) is 12.4. The topological polar surface area (TPSA) is 67.2 Å². The third-order valence-electron chi connectivity index (χ3n) is 3.43. The molecule has 0 spiro atoms. The maximum atomic E-state index is 12.2. The number of hydrazine groups is 1. The number of hydrogen-bond donors (Lipinski definition) is 3. The largest absolute Gasteiger partial charge is 0.348 e. The van der Waals surface area contributed by atoms with Gasteiger partial charge in [-0.25, -0.2) is 0 Å². The predicted octanol–water partition coefficient (Wildman–Crippen LogP) is 3.03. The van der Waals surface area contributed by atoms with E-state index in [1.165, 1.54) is 5.56 Å². The van der Waals surface area contributed by atoms with Gasteiger partial charge in [-0.1, -0.05) is 50.2 Å². The number of amides is 1. The maximum absolute atomic E-state index is 12.2. The third-order valence-corrected chi connectivity index (χ3v) is 3.43. The summed E-state index contributed by atoms with van der Waals surface area (Å²) in [4.78, 5) is 12.2. The molecule has 0 saturated heterocycles. The van der Waals surface area contributed by atoms with Crippen LogP contribution in [0, 0.1) is 0 Å². The van der Waals surface area contributed by atoms with Gasteiger partial charge in [0.25, 0.3) is 5.91 Å². The van der Waals surface area contributed by atoms with E-state index >= 15 is 0 Å². The summed E-state index contributed by atoms with van der Waals surface area (Å²) in [5.74, 6) is 5.78. The monoisotopic (exact) mass is 283 g/mol. The minimum atomic E-state index is -0.142. The standard InChI is InChI=1S/C17H21N3O/c1-12(2)14-9-7-13(8-10-14)11-19-17(21)15-5-3-4-6-16(15)20-18/h3-10,12,20H,11,18H2,1-2H3,(H,19,21). The van der Waals surface area contributed by atoms with Crippen molar-refractivity contribution in [3.63, 3.8) is 0 Å². The minimum Gasteiger partial charge on any atom is -0.348 e. The minimum absolute atomic E-state index is 0.142. The number of hydrogen-bond acceptors (Lipinski definition) is 3. The van der Waals surface area contributed by atoms with Crippen molar-refractivity contribution in [2.75, 3.05) is 5.43 Å². The van der Waals surface area contributed by atoms with E-state index < -0.39 is 0 Å². The van der Waals surface area contributed by atoms with Crippen LogP contribution in [0.4, 0.5) is 5.69 Å². The Morgan fingerprint density at radius 3 is 2.38 bits per heavy atom. The SMILES string of the molecule is CC(C)c1ccc(CNC(=O)c2ccccc2NN)cc1. The van der Waals surface area contributed by atoms with Crippen LogP contribution in [0.2, 0.25) is 0 Å². The lowest BCUT2D eigenvalue weighted by molar-refractivity contribution is 0.0951. The van der Waals surface area contributed by atoms with Gasteiger partial charge in [0.1, 0.15) is 0 Å². The van der Waals surface area contributed by atoms with E-state index in [4.69, 9.17) is 5.84 Å². The van der Waals surface area contributed by atoms with E-state index in [1.807, 2.05) is 24.3 Å². The molecule has 4 heteroatoms. The highest BCUT2D eigenvalue weighted by Crippen LogP contribution is 2.15. The number of carbonyl (C=O) groups excluding carboxylic acids is 1. The summed E-state index contributed by atoms with van der Waals surface area (Å²) >= 11 is 0. The van der Waals surface area contributed by atoms with Gasteiger partial charge >= 0.3 is 0 Å². The number of anilines is 1. The number of benzene rings is 2. The molecule has 2 aromatic rings. The van der Waals surface area contributed by atoms with Crippen molar-refractivity contribution in [2.24, 2.45) is 5.84 Å². The average molecular weight is 283 g/mol. The molecule has 0 radical (unpaired) electrons. The Kier molecular flexibility index (Phi) is 4.95.